The number of aromatic nitrogens is 1. The average molecular weight is 398 g/mol. The van der Waals surface area contributed by atoms with Gasteiger partial charge in [0, 0.05) is 23.6 Å². The largest absolute Gasteiger partial charge is 0.497 e. The van der Waals surface area contributed by atoms with Crippen molar-refractivity contribution in [3.8, 4) is 11.5 Å². The minimum Gasteiger partial charge on any atom is -0.497 e. The van der Waals surface area contributed by atoms with Crippen LogP contribution < -0.4 is 20.5 Å². The first-order valence-electron chi connectivity index (χ1n) is 8.84. The van der Waals surface area contributed by atoms with Crippen molar-refractivity contribution in [2.45, 2.75) is 19.0 Å². The highest BCUT2D eigenvalue weighted by Gasteiger charge is 2.16. The van der Waals surface area contributed by atoms with Crippen LogP contribution in [0.2, 0.25) is 0 Å². The van der Waals surface area contributed by atoms with Crippen LogP contribution in [0.15, 0.2) is 53.9 Å². The van der Waals surface area contributed by atoms with Crippen molar-refractivity contribution in [3.05, 3.63) is 75.7 Å². The minimum absolute atomic E-state index is 0.240. The highest BCUT2D eigenvalue weighted by Crippen LogP contribution is 2.25. The highest BCUT2D eigenvalue weighted by molar-refractivity contribution is 7.09. The van der Waals surface area contributed by atoms with Crippen LogP contribution >= 0.6 is 11.3 Å². The van der Waals surface area contributed by atoms with Gasteiger partial charge in [0.15, 0.2) is 0 Å². The van der Waals surface area contributed by atoms with Crippen molar-refractivity contribution in [2.75, 3.05) is 14.2 Å². The second kappa shape index (κ2) is 9.34. The lowest BCUT2D eigenvalue weighted by Crippen LogP contribution is -2.23. The van der Waals surface area contributed by atoms with E-state index in [2.05, 4.69) is 10.3 Å². The Labute approximate surface area is 168 Å². The Morgan fingerprint density at radius 2 is 1.96 bits per heavy atom. The van der Waals surface area contributed by atoms with Gasteiger partial charge in [-0.05, 0) is 24.1 Å². The van der Waals surface area contributed by atoms with Crippen LogP contribution in [0.5, 0.6) is 11.5 Å². The zero-order chi connectivity index (χ0) is 19.9. The Morgan fingerprint density at radius 1 is 1.18 bits per heavy atom. The number of nitrogens with two attached hydrogens (primary N) is 1. The molecule has 3 aromatic rings. The molecule has 7 heteroatoms. The molecule has 0 spiro atoms. The molecule has 0 aliphatic heterocycles. The topological polar surface area (TPSA) is 86.5 Å². The molecule has 0 bridgehead atoms. The maximum absolute atomic E-state index is 12.5. The van der Waals surface area contributed by atoms with Gasteiger partial charge in [0.2, 0.25) is 0 Å². The van der Waals surface area contributed by atoms with Crippen molar-refractivity contribution in [3.63, 3.8) is 0 Å². The van der Waals surface area contributed by atoms with Crippen molar-refractivity contribution in [2.24, 2.45) is 5.73 Å². The van der Waals surface area contributed by atoms with Crippen molar-refractivity contribution in [1.29, 1.82) is 0 Å². The normalized spacial score (nSPS) is 11.7. The predicted molar refractivity (Wildman–Crippen MR) is 110 cm³/mol. The number of thiazole rings is 1. The van der Waals surface area contributed by atoms with Crippen LogP contribution in [0.1, 0.15) is 32.7 Å². The molecular weight excluding hydrogens is 374 g/mol. The first-order chi connectivity index (χ1) is 13.6. The van der Waals surface area contributed by atoms with E-state index in [1.807, 2.05) is 42.5 Å². The molecule has 146 valence electrons. The Morgan fingerprint density at radius 3 is 2.68 bits per heavy atom. The molecule has 1 amide bonds. The molecule has 0 saturated carbocycles. The zero-order valence-corrected chi connectivity index (χ0v) is 16.7. The summed E-state index contributed by atoms with van der Waals surface area (Å²) in [4.78, 5) is 16.9. The van der Waals surface area contributed by atoms with Crippen molar-refractivity contribution >= 4 is 17.2 Å². The number of carbonyl (C=O) groups excluding carboxylic acids is 1. The number of hydrogen-bond acceptors (Lipinski definition) is 6. The lowest BCUT2D eigenvalue weighted by Gasteiger charge is -2.11. The lowest BCUT2D eigenvalue weighted by molar-refractivity contribution is 0.0946. The van der Waals surface area contributed by atoms with Crippen LogP contribution in [-0.4, -0.2) is 25.1 Å². The third kappa shape index (κ3) is 4.88. The predicted octanol–water partition coefficient (Wildman–Crippen LogP) is 3.33. The first kappa shape index (κ1) is 19.9. The maximum Gasteiger partial charge on any atom is 0.271 e. The van der Waals surface area contributed by atoms with Crippen LogP contribution in [0.25, 0.3) is 0 Å². The molecule has 0 aliphatic carbocycles. The Balaban J connectivity index is 1.61. The monoisotopic (exact) mass is 397 g/mol. The quantitative estimate of drug-likeness (QED) is 0.609. The van der Waals surface area contributed by atoms with Gasteiger partial charge in [-0.2, -0.15) is 0 Å². The molecule has 3 rings (SSSR count). The summed E-state index contributed by atoms with van der Waals surface area (Å²) in [6, 6.07) is 15.2. The molecule has 1 heterocycles. The second-order valence-corrected chi connectivity index (χ2v) is 7.12. The van der Waals surface area contributed by atoms with Crippen molar-refractivity contribution < 1.29 is 14.3 Å². The van der Waals surface area contributed by atoms with E-state index in [1.165, 1.54) is 11.3 Å². The van der Waals surface area contributed by atoms with Gasteiger partial charge in [0.25, 0.3) is 5.91 Å². The average Bonchev–Trinajstić information content (AvgIpc) is 3.23. The number of hydrogen-bond donors (Lipinski definition) is 2. The van der Waals surface area contributed by atoms with Gasteiger partial charge in [-0.3, -0.25) is 4.79 Å². The van der Waals surface area contributed by atoms with E-state index in [0.717, 1.165) is 16.1 Å². The molecule has 1 atom stereocenters. The van der Waals surface area contributed by atoms with E-state index in [-0.39, 0.29) is 11.9 Å². The zero-order valence-electron chi connectivity index (χ0n) is 15.8. The summed E-state index contributed by atoms with van der Waals surface area (Å²) in [6.45, 7) is 0.328. The van der Waals surface area contributed by atoms with Gasteiger partial charge in [-0.1, -0.05) is 30.3 Å². The summed E-state index contributed by atoms with van der Waals surface area (Å²) in [5.74, 6) is 1.11. The Hall–Kier alpha value is -2.90. The van der Waals surface area contributed by atoms with Crippen LogP contribution in [0.3, 0.4) is 0 Å². The van der Waals surface area contributed by atoms with E-state index in [4.69, 9.17) is 15.2 Å². The molecule has 1 unspecified atom stereocenters. The van der Waals surface area contributed by atoms with Gasteiger partial charge in [0.1, 0.15) is 22.2 Å². The SMILES string of the molecule is COc1ccc(CNC(=O)c2csc(C(N)Cc3ccccc3)n2)c(OC)c1. The summed E-state index contributed by atoms with van der Waals surface area (Å²) in [7, 11) is 3.18. The van der Waals surface area contributed by atoms with Crippen LogP contribution in [-0.2, 0) is 13.0 Å². The summed E-state index contributed by atoms with van der Waals surface area (Å²) < 4.78 is 10.5. The third-order valence-corrected chi connectivity index (χ3v) is 5.28. The van der Waals surface area contributed by atoms with Crippen LogP contribution in [0.4, 0.5) is 0 Å². The number of amides is 1. The summed E-state index contributed by atoms with van der Waals surface area (Å²) in [5.41, 5.74) is 8.63. The number of nitrogens with zero attached hydrogens (tertiary/aromatic N) is 1. The first-order valence-corrected chi connectivity index (χ1v) is 9.72. The Bertz CT molecular complexity index is 928. The van der Waals surface area contributed by atoms with Gasteiger partial charge in [-0.15, -0.1) is 11.3 Å². The fraction of sp³-hybridized carbons (Fsp3) is 0.238. The van der Waals surface area contributed by atoms with E-state index >= 15 is 0 Å². The number of benzene rings is 2. The number of rotatable bonds is 8. The Kier molecular flexibility index (Phi) is 6.62. The fourth-order valence-corrected chi connectivity index (χ4v) is 3.58. The molecule has 6 nitrogen and oxygen atoms in total. The number of methoxy groups -OCH3 is 2. The van der Waals surface area contributed by atoms with Gasteiger partial charge >= 0.3 is 0 Å². The lowest BCUT2D eigenvalue weighted by atomic mass is 10.1. The second-order valence-electron chi connectivity index (χ2n) is 6.23. The molecule has 1 aromatic heterocycles. The fourth-order valence-electron chi connectivity index (χ4n) is 2.78. The van der Waals surface area contributed by atoms with E-state index in [1.54, 1.807) is 25.7 Å². The smallest absolute Gasteiger partial charge is 0.271 e. The summed E-state index contributed by atoms with van der Waals surface area (Å²) in [6.07, 6.45) is 0.679. The third-order valence-electron chi connectivity index (χ3n) is 4.30. The number of ether oxygens (including phenoxy) is 2. The molecule has 0 aliphatic rings. The molecule has 0 fully saturated rings. The summed E-state index contributed by atoms with van der Waals surface area (Å²) in [5, 5.41) is 5.36. The standard InChI is InChI=1S/C21H23N3O3S/c1-26-16-9-8-15(19(11-16)27-2)12-23-20(25)18-13-28-21(24-18)17(22)10-14-6-4-3-5-7-14/h3-9,11,13,17H,10,12,22H2,1-2H3,(H,23,25). The van der Waals surface area contributed by atoms with Crippen molar-refractivity contribution in [1.82, 2.24) is 10.3 Å². The number of carbonyl (C=O) groups is 1. The van der Waals surface area contributed by atoms with E-state index in [9.17, 15) is 4.79 Å². The molecular formula is C21H23N3O3S. The minimum atomic E-state index is -0.243. The molecule has 0 saturated heterocycles. The molecule has 3 N–H and O–H groups in total. The molecule has 0 radical (unpaired) electrons. The summed E-state index contributed by atoms with van der Waals surface area (Å²) >= 11 is 1.40. The van der Waals surface area contributed by atoms with Gasteiger partial charge < -0.3 is 20.5 Å². The van der Waals surface area contributed by atoms with E-state index in [0.29, 0.717) is 30.2 Å². The molecule has 2 aromatic carbocycles. The van der Waals surface area contributed by atoms with Gasteiger partial charge in [0.05, 0.1) is 20.3 Å². The van der Waals surface area contributed by atoms with Gasteiger partial charge in [-0.25, -0.2) is 4.98 Å². The molecule has 28 heavy (non-hydrogen) atoms. The highest BCUT2D eigenvalue weighted by atomic mass is 32.1. The maximum atomic E-state index is 12.5. The van der Waals surface area contributed by atoms with Crippen LogP contribution in [0, 0.1) is 0 Å². The number of nitrogens with one attached hydrogen (secondary N) is 1. The van der Waals surface area contributed by atoms with E-state index < -0.39 is 0 Å².